The number of rotatable bonds is 9. The zero-order valence-corrected chi connectivity index (χ0v) is 26.0. The summed E-state index contributed by atoms with van der Waals surface area (Å²) in [7, 11) is 1.60. The first-order chi connectivity index (χ1) is 21.2. The number of carbonyl (C=O) groups is 3. The SMILES string of the molecule is COc1ccc(C2=NC(c3ccccc3)C(c3ccccc3)N2C(=O)N2CCN(CC(=O)C(C)C)C(=O)C2)c(OC(C)C)c1. The standard InChI is InChI=1S/C35H40N4O5/c1-23(2)29(40)21-37-18-19-38(22-31(37)41)35(42)39-33(26-14-10-7-11-15-26)32(25-12-8-6-9-13-25)36-34(39)28-17-16-27(43-5)20-30(28)44-24(3)4/h6-17,20,23-24,32-33H,18-19,21-22H2,1-5H3. The molecule has 2 aliphatic heterocycles. The van der Waals surface area contributed by atoms with Gasteiger partial charge in [0.1, 0.15) is 29.9 Å². The van der Waals surface area contributed by atoms with E-state index in [9.17, 15) is 14.4 Å². The summed E-state index contributed by atoms with van der Waals surface area (Å²) in [6, 6.07) is 24.0. The number of urea groups is 1. The molecule has 2 aliphatic rings. The molecule has 0 spiro atoms. The van der Waals surface area contributed by atoms with Crippen molar-refractivity contribution in [2.75, 3.05) is 33.3 Å². The molecular formula is C35H40N4O5. The molecule has 2 atom stereocenters. The quantitative estimate of drug-likeness (QED) is 0.325. The molecule has 1 saturated heterocycles. The molecule has 0 saturated carbocycles. The number of benzene rings is 3. The van der Waals surface area contributed by atoms with Gasteiger partial charge in [-0.05, 0) is 37.1 Å². The number of methoxy groups -OCH3 is 1. The molecular weight excluding hydrogens is 556 g/mol. The maximum Gasteiger partial charge on any atom is 0.326 e. The first-order valence-corrected chi connectivity index (χ1v) is 15.1. The van der Waals surface area contributed by atoms with E-state index in [2.05, 4.69) is 0 Å². The minimum absolute atomic E-state index is 0.000814. The van der Waals surface area contributed by atoms with Gasteiger partial charge in [0.15, 0.2) is 5.78 Å². The normalized spacial score (nSPS) is 18.6. The number of amidine groups is 1. The topological polar surface area (TPSA) is 91.8 Å². The third kappa shape index (κ3) is 6.46. The van der Waals surface area contributed by atoms with Crippen LogP contribution in [0.25, 0.3) is 0 Å². The van der Waals surface area contributed by atoms with Crippen LogP contribution < -0.4 is 9.47 Å². The fraction of sp³-hybridized carbons (Fsp3) is 0.371. The number of ketones is 1. The molecule has 3 aromatic carbocycles. The summed E-state index contributed by atoms with van der Waals surface area (Å²) in [5, 5.41) is 0. The van der Waals surface area contributed by atoms with Crippen LogP contribution in [0.1, 0.15) is 56.5 Å². The van der Waals surface area contributed by atoms with Gasteiger partial charge in [-0.3, -0.25) is 19.5 Å². The highest BCUT2D eigenvalue weighted by Crippen LogP contribution is 2.45. The highest BCUT2D eigenvalue weighted by molar-refractivity contribution is 6.11. The molecule has 0 radical (unpaired) electrons. The van der Waals surface area contributed by atoms with Gasteiger partial charge in [-0.2, -0.15) is 0 Å². The highest BCUT2D eigenvalue weighted by atomic mass is 16.5. The summed E-state index contributed by atoms with van der Waals surface area (Å²) in [5.41, 5.74) is 2.53. The molecule has 230 valence electrons. The van der Waals surface area contributed by atoms with E-state index in [4.69, 9.17) is 14.5 Å². The van der Waals surface area contributed by atoms with Crippen molar-refractivity contribution in [3.8, 4) is 11.5 Å². The Balaban J connectivity index is 1.59. The molecule has 3 aromatic rings. The van der Waals surface area contributed by atoms with E-state index < -0.39 is 12.1 Å². The number of nitrogens with zero attached hydrogens (tertiary/aromatic N) is 4. The molecule has 9 heteroatoms. The van der Waals surface area contributed by atoms with Crippen LogP contribution in [0.3, 0.4) is 0 Å². The second kappa shape index (κ2) is 13.3. The van der Waals surface area contributed by atoms with E-state index in [0.717, 1.165) is 11.1 Å². The molecule has 44 heavy (non-hydrogen) atoms. The van der Waals surface area contributed by atoms with Gasteiger partial charge in [0.2, 0.25) is 5.91 Å². The van der Waals surface area contributed by atoms with Gasteiger partial charge in [-0.25, -0.2) is 4.79 Å². The Morgan fingerprint density at radius 3 is 2.16 bits per heavy atom. The van der Waals surface area contributed by atoms with Crippen molar-refractivity contribution in [1.82, 2.24) is 14.7 Å². The van der Waals surface area contributed by atoms with Crippen molar-refractivity contribution in [2.45, 2.75) is 45.9 Å². The molecule has 9 nitrogen and oxygen atoms in total. The monoisotopic (exact) mass is 596 g/mol. The second-order valence-electron chi connectivity index (χ2n) is 11.7. The maximum atomic E-state index is 14.7. The minimum atomic E-state index is -0.481. The maximum absolute atomic E-state index is 14.7. The lowest BCUT2D eigenvalue weighted by atomic mass is 9.94. The average Bonchev–Trinajstić information content (AvgIpc) is 3.42. The Labute approximate surface area is 259 Å². The lowest BCUT2D eigenvalue weighted by molar-refractivity contribution is -0.139. The van der Waals surface area contributed by atoms with Gasteiger partial charge in [0, 0.05) is 25.1 Å². The predicted octanol–water partition coefficient (Wildman–Crippen LogP) is 5.52. The Bertz CT molecular complexity index is 1520. The summed E-state index contributed by atoms with van der Waals surface area (Å²) in [5.74, 6) is 1.21. The first-order valence-electron chi connectivity index (χ1n) is 15.1. The summed E-state index contributed by atoms with van der Waals surface area (Å²) in [6.07, 6.45) is -0.138. The lowest BCUT2D eigenvalue weighted by Crippen LogP contribution is -2.57. The van der Waals surface area contributed by atoms with E-state index in [1.807, 2.05) is 107 Å². The van der Waals surface area contributed by atoms with Crippen LogP contribution in [0.15, 0.2) is 83.9 Å². The second-order valence-corrected chi connectivity index (χ2v) is 11.7. The van der Waals surface area contributed by atoms with Crippen molar-refractivity contribution in [1.29, 1.82) is 0 Å². The number of piperazine rings is 1. The number of hydrogen-bond donors (Lipinski definition) is 0. The summed E-state index contributed by atoms with van der Waals surface area (Å²) < 4.78 is 11.7. The van der Waals surface area contributed by atoms with Gasteiger partial charge in [0.05, 0.1) is 31.4 Å². The largest absolute Gasteiger partial charge is 0.497 e. The molecule has 0 aliphatic carbocycles. The van der Waals surface area contributed by atoms with Crippen LogP contribution in [0.2, 0.25) is 0 Å². The van der Waals surface area contributed by atoms with E-state index >= 15 is 0 Å². The van der Waals surface area contributed by atoms with Crippen molar-refractivity contribution < 1.29 is 23.9 Å². The molecule has 5 rings (SSSR count). The van der Waals surface area contributed by atoms with Gasteiger partial charge >= 0.3 is 6.03 Å². The molecule has 3 amide bonds. The van der Waals surface area contributed by atoms with E-state index in [1.165, 1.54) is 0 Å². The Hall–Kier alpha value is -4.66. The molecule has 2 unspecified atom stereocenters. The van der Waals surface area contributed by atoms with Crippen molar-refractivity contribution in [2.24, 2.45) is 10.9 Å². The number of Topliss-reactive ketones (excluding diaryl/α,β-unsaturated/α-hetero) is 1. The predicted molar refractivity (Wildman–Crippen MR) is 169 cm³/mol. The van der Waals surface area contributed by atoms with Crippen LogP contribution in [0.5, 0.6) is 11.5 Å². The summed E-state index contributed by atoms with van der Waals surface area (Å²) >= 11 is 0. The number of carbonyl (C=O) groups excluding carboxylic acids is 3. The molecule has 0 aromatic heterocycles. The number of hydrogen-bond acceptors (Lipinski definition) is 6. The highest BCUT2D eigenvalue weighted by Gasteiger charge is 2.45. The Morgan fingerprint density at radius 1 is 0.909 bits per heavy atom. The van der Waals surface area contributed by atoms with Crippen LogP contribution in [0.4, 0.5) is 4.79 Å². The zero-order valence-electron chi connectivity index (χ0n) is 26.0. The molecule has 2 heterocycles. The third-order valence-corrected chi connectivity index (χ3v) is 7.93. The van der Waals surface area contributed by atoms with Crippen molar-refractivity contribution in [3.05, 3.63) is 95.6 Å². The third-order valence-electron chi connectivity index (χ3n) is 7.93. The van der Waals surface area contributed by atoms with Crippen LogP contribution in [-0.2, 0) is 9.59 Å². The number of ether oxygens (including phenoxy) is 2. The van der Waals surface area contributed by atoms with Gasteiger partial charge < -0.3 is 19.3 Å². The van der Waals surface area contributed by atoms with Gasteiger partial charge in [-0.15, -0.1) is 0 Å². The van der Waals surface area contributed by atoms with Crippen LogP contribution in [0, 0.1) is 5.92 Å². The van der Waals surface area contributed by atoms with E-state index in [1.54, 1.807) is 21.8 Å². The first kappa shape index (κ1) is 30.8. The molecule has 0 bridgehead atoms. The van der Waals surface area contributed by atoms with E-state index in [0.29, 0.717) is 29.4 Å². The summed E-state index contributed by atoms with van der Waals surface area (Å²) in [4.78, 5) is 50.3. The molecule has 0 N–H and O–H groups in total. The lowest BCUT2D eigenvalue weighted by Gasteiger charge is -2.38. The Morgan fingerprint density at radius 2 is 1.57 bits per heavy atom. The summed E-state index contributed by atoms with van der Waals surface area (Å²) in [6.45, 7) is 8.05. The van der Waals surface area contributed by atoms with Crippen LogP contribution >= 0.6 is 0 Å². The minimum Gasteiger partial charge on any atom is -0.497 e. The fourth-order valence-electron chi connectivity index (χ4n) is 5.56. The van der Waals surface area contributed by atoms with Crippen molar-refractivity contribution >= 4 is 23.6 Å². The van der Waals surface area contributed by atoms with Crippen molar-refractivity contribution in [3.63, 3.8) is 0 Å². The fourth-order valence-corrected chi connectivity index (χ4v) is 5.56. The molecule has 1 fully saturated rings. The Kier molecular flexibility index (Phi) is 9.32. The van der Waals surface area contributed by atoms with Crippen LogP contribution in [-0.4, -0.2) is 77.6 Å². The average molecular weight is 597 g/mol. The van der Waals surface area contributed by atoms with Gasteiger partial charge in [-0.1, -0.05) is 74.5 Å². The number of aliphatic imine (C=N–C) groups is 1. The zero-order chi connectivity index (χ0) is 31.4. The van der Waals surface area contributed by atoms with Gasteiger partial charge in [0.25, 0.3) is 0 Å². The smallest absolute Gasteiger partial charge is 0.326 e. The number of amides is 3. The van der Waals surface area contributed by atoms with E-state index in [-0.39, 0.29) is 49.4 Å².